The summed E-state index contributed by atoms with van der Waals surface area (Å²) in [6.45, 7) is 1.73. The lowest BCUT2D eigenvalue weighted by molar-refractivity contribution is -0.114. The Morgan fingerprint density at radius 1 is 1.12 bits per heavy atom. The van der Waals surface area contributed by atoms with E-state index in [1.165, 1.54) is 6.08 Å². The highest BCUT2D eigenvalue weighted by atomic mass is 35.5. The van der Waals surface area contributed by atoms with Crippen LogP contribution in [0.25, 0.3) is 0 Å². The number of phenols is 2. The van der Waals surface area contributed by atoms with Crippen LogP contribution in [-0.4, -0.2) is 28.1 Å². The Morgan fingerprint density at radius 2 is 1.83 bits per heavy atom. The molecule has 5 nitrogen and oxygen atoms in total. The predicted octanol–water partition coefficient (Wildman–Crippen LogP) is 3.70. The van der Waals surface area contributed by atoms with E-state index in [1.54, 1.807) is 13.0 Å². The van der Waals surface area contributed by atoms with E-state index in [-0.39, 0.29) is 28.4 Å². The van der Waals surface area contributed by atoms with Crippen molar-refractivity contribution in [3.63, 3.8) is 0 Å². The number of rotatable bonds is 0. The summed E-state index contributed by atoms with van der Waals surface area (Å²) in [7, 11) is 0. The van der Waals surface area contributed by atoms with Crippen molar-refractivity contribution in [3.05, 3.63) is 46.5 Å². The van der Waals surface area contributed by atoms with Gasteiger partial charge in [-0.15, -0.1) is 0 Å². The van der Waals surface area contributed by atoms with Gasteiger partial charge in [0.2, 0.25) is 0 Å². The van der Waals surface area contributed by atoms with Crippen LogP contribution in [0, 0.1) is 0 Å². The number of hydrogen-bond acceptors (Lipinski definition) is 5. The van der Waals surface area contributed by atoms with Crippen LogP contribution in [0.3, 0.4) is 0 Å². The second kappa shape index (κ2) is 8.02. The second-order valence-corrected chi connectivity index (χ2v) is 6.01. The van der Waals surface area contributed by atoms with Crippen molar-refractivity contribution >= 4 is 23.4 Å². The van der Waals surface area contributed by atoms with E-state index >= 15 is 0 Å². The zero-order valence-electron chi connectivity index (χ0n) is 13.3. The molecule has 2 rings (SSSR count). The third-order valence-corrected chi connectivity index (χ3v) is 4.04. The Hall–Kier alpha value is -2.27. The Morgan fingerprint density at radius 3 is 2.58 bits per heavy atom. The summed E-state index contributed by atoms with van der Waals surface area (Å²) in [5.74, 6) is -1.93. The van der Waals surface area contributed by atoms with E-state index in [2.05, 4.69) is 0 Å². The van der Waals surface area contributed by atoms with Crippen molar-refractivity contribution in [2.24, 2.45) is 0 Å². The number of ether oxygens (including phenoxy) is 1. The van der Waals surface area contributed by atoms with Gasteiger partial charge in [0, 0.05) is 24.5 Å². The van der Waals surface area contributed by atoms with Crippen molar-refractivity contribution in [2.45, 2.75) is 38.7 Å². The zero-order chi connectivity index (χ0) is 17.7. The van der Waals surface area contributed by atoms with E-state index < -0.39 is 23.6 Å². The lowest BCUT2D eigenvalue weighted by atomic mass is 9.99. The third-order valence-electron chi connectivity index (χ3n) is 3.62. The number of aromatic hydroxyl groups is 2. The molecule has 24 heavy (non-hydrogen) atoms. The number of ketones is 1. The van der Waals surface area contributed by atoms with Gasteiger partial charge in [0.25, 0.3) is 0 Å². The van der Waals surface area contributed by atoms with Gasteiger partial charge in [-0.2, -0.15) is 0 Å². The maximum absolute atomic E-state index is 12.4. The molecule has 1 heterocycles. The summed E-state index contributed by atoms with van der Waals surface area (Å²) in [5.41, 5.74) is -0.124. The fraction of sp³-hybridized carbons (Fsp3) is 0.333. The normalized spacial score (nSPS) is 22.2. The molecule has 0 aromatic heterocycles. The van der Waals surface area contributed by atoms with Gasteiger partial charge in [-0.1, -0.05) is 29.8 Å². The van der Waals surface area contributed by atoms with Crippen LogP contribution >= 0.6 is 11.6 Å². The number of benzene rings is 1. The highest BCUT2D eigenvalue weighted by molar-refractivity contribution is 6.33. The van der Waals surface area contributed by atoms with Crippen molar-refractivity contribution in [3.8, 4) is 11.5 Å². The molecule has 0 amide bonds. The maximum atomic E-state index is 12.4. The molecular weight excluding hydrogens is 332 g/mol. The molecule has 0 saturated heterocycles. The number of carbonyl (C=O) groups excluding carboxylic acids is 2. The van der Waals surface area contributed by atoms with Crippen molar-refractivity contribution in [1.82, 2.24) is 0 Å². The quantitative estimate of drug-likeness (QED) is 0.550. The number of halogens is 1. The average molecular weight is 351 g/mol. The molecule has 6 heteroatoms. The fourth-order valence-corrected chi connectivity index (χ4v) is 2.63. The van der Waals surface area contributed by atoms with Crippen LogP contribution in [0.15, 0.2) is 30.4 Å². The first-order valence-electron chi connectivity index (χ1n) is 7.68. The van der Waals surface area contributed by atoms with Crippen LogP contribution in [0.1, 0.15) is 42.1 Å². The molecule has 1 aromatic carbocycles. The van der Waals surface area contributed by atoms with Gasteiger partial charge in [-0.05, 0) is 25.8 Å². The zero-order valence-corrected chi connectivity index (χ0v) is 14.0. The number of cyclic esters (lactones) is 1. The van der Waals surface area contributed by atoms with Crippen LogP contribution in [0.2, 0.25) is 5.02 Å². The molecule has 128 valence electrons. The minimum atomic E-state index is -0.779. The molecule has 0 spiro atoms. The summed E-state index contributed by atoms with van der Waals surface area (Å²) < 4.78 is 5.31. The molecule has 0 saturated carbocycles. The van der Waals surface area contributed by atoms with Gasteiger partial charge in [-0.3, -0.25) is 4.79 Å². The first kappa shape index (κ1) is 18.1. The smallest absolute Gasteiger partial charge is 0.342 e. The Kier molecular flexibility index (Phi) is 6.04. The summed E-state index contributed by atoms with van der Waals surface area (Å²) in [4.78, 5) is 24.5. The number of allylic oxidation sites excluding steroid dienone is 3. The molecule has 2 N–H and O–H groups in total. The van der Waals surface area contributed by atoms with Crippen molar-refractivity contribution in [1.29, 1.82) is 0 Å². The van der Waals surface area contributed by atoms with Crippen LogP contribution in [-0.2, 0) is 16.0 Å². The van der Waals surface area contributed by atoms with Crippen molar-refractivity contribution in [2.75, 3.05) is 0 Å². The second-order valence-electron chi connectivity index (χ2n) is 5.63. The molecule has 1 aliphatic rings. The van der Waals surface area contributed by atoms with Crippen molar-refractivity contribution < 1.29 is 24.5 Å². The van der Waals surface area contributed by atoms with Crippen LogP contribution in [0.4, 0.5) is 0 Å². The van der Waals surface area contributed by atoms with E-state index in [4.69, 9.17) is 16.3 Å². The molecule has 0 aliphatic carbocycles. The van der Waals surface area contributed by atoms with E-state index in [0.717, 1.165) is 12.5 Å². The molecule has 1 atom stereocenters. The molecular formula is C18H19ClO5. The van der Waals surface area contributed by atoms with Crippen LogP contribution in [0.5, 0.6) is 11.5 Å². The van der Waals surface area contributed by atoms with Gasteiger partial charge in [0.15, 0.2) is 5.78 Å². The van der Waals surface area contributed by atoms with Gasteiger partial charge < -0.3 is 14.9 Å². The largest absolute Gasteiger partial charge is 0.507 e. The summed E-state index contributed by atoms with van der Waals surface area (Å²) in [6.07, 6.45) is 8.44. The minimum absolute atomic E-state index is 0.0635. The molecule has 0 unspecified atom stereocenters. The number of hydrogen-bond donors (Lipinski definition) is 2. The average Bonchev–Trinajstić information content (AvgIpc) is 2.50. The SMILES string of the molecule is C[C@@H]1C/C=C/CC/C=C/C(=O)Cc2c(Cl)c(O)cc(O)c2C(=O)O1. The lowest BCUT2D eigenvalue weighted by Crippen LogP contribution is -2.17. The summed E-state index contributed by atoms with van der Waals surface area (Å²) >= 11 is 6.05. The van der Waals surface area contributed by atoms with E-state index in [0.29, 0.717) is 12.8 Å². The highest BCUT2D eigenvalue weighted by Crippen LogP contribution is 2.37. The number of carbonyl (C=O) groups is 2. The molecule has 0 fully saturated rings. The predicted molar refractivity (Wildman–Crippen MR) is 90.5 cm³/mol. The first-order chi connectivity index (χ1) is 11.4. The highest BCUT2D eigenvalue weighted by Gasteiger charge is 2.25. The number of esters is 1. The molecule has 1 aromatic rings. The van der Waals surface area contributed by atoms with Crippen LogP contribution < -0.4 is 0 Å². The van der Waals surface area contributed by atoms with E-state index in [9.17, 15) is 19.8 Å². The Bertz CT molecular complexity index is 706. The Labute approximate surface area is 145 Å². The number of fused-ring (bicyclic) bond motifs is 1. The van der Waals surface area contributed by atoms with Gasteiger partial charge in [0.05, 0.1) is 5.02 Å². The van der Waals surface area contributed by atoms with Gasteiger partial charge >= 0.3 is 5.97 Å². The standard InChI is InChI=1S/C18H19ClO5/c1-11-7-5-3-2-4-6-8-12(20)9-13-16(18(23)24-11)14(21)10-15(22)17(13)19/h3,5-6,8,10-11,21-22H,2,4,7,9H2,1H3/b5-3+,8-6+/t11-/m1/s1. The van der Waals surface area contributed by atoms with E-state index in [1.807, 2.05) is 12.2 Å². The fourth-order valence-electron chi connectivity index (χ4n) is 2.41. The Balaban J connectivity index is 2.49. The summed E-state index contributed by atoms with van der Waals surface area (Å²) in [5, 5.41) is 19.7. The number of phenolic OH excluding ortho intramolecular Hbond substituents is 2. The molecule has 1 aliphatic heterocycles. The lowest BCUT2D eigenvalue weighted by Gasteiger charge is -2.16. The summed E-state index contributed by atoms with van der Waals surface area (Å²) in [6, 6.07) is 0.969. The van der Waals surface area contributed by atoms with Gasteiger partial charge in [-0.25, -0.2) is 4.79 Å². The monoisotopic (exact) mass is 350 g/mol. The van der Waals surface area contributed by atoms with Gasteiger partial charge in [0.1, 0.15) is 23.2 Å². The topological polar surface area (TPSA) is 83.8 Å². The molecule has 0 radical (unpaired) electrons. The minimum Gasteiger partial charge on any atom is -0.507 e. The maximum Gasteiger partial charge on any atom is 0.342 e. The first-order valence-corrected chi connectivity index (χ1v) is 8.06. The molecule has 0 bridgehead atoms. The third kappa shape index (κ3) is 4.38.